The fourth-order valence-corrected chi connectivity index (χ4v) is 1.51. The number of aliphatic imine (C=N–C) groups is 1. The summed E-state index contributed by atoms with van der Waals surface area (Å²) in [5.41, 5.74) is 3.53. The second-order valence-electron chi connectivity index (χ2n) is 4.28. The first-order valence-corrected chi connectivity index (χ1v) is 5.36. The summed E-state index contributed by atoms with van der Waals surface area (Å²) in [6.45, 7) is 9.92. The van der Waals surface area contributed by atoms with Gasteiger partial charge in [-0.1, -0.05) is 38.1 Å². The lowest BCUT2D eigenvalue weighted by Gasteiger charge is -2.04. The number of rotatable bonds is 4. The minimum Gasteiger partial charge on any atom is -0.269 e. The van der Waals surface area contributed by atoms with E-state index >= 15 is 0 Å². The average Bonchev–Trinajstić information content (AvgIpc) is 2.20. The van der Waals surface area contributed by atoms with E-state index in [0.717, 1.165) is 12.1 Å². The van der Waals surface area contributed by atoms with E-state index in [1.165, 1.54) is 11.1 Å². The van der Waals surface area contributed by atoms with Gasteiger partial charge in [0.1, 0.15) is 0 Å². The highest BCUT2D eigenvalue weighted by Crippen LogP contribution is 2.12. The molecule has 0 aromatic heterocycles. The van der Waals surface area contributed by atoms with E-state index in [2.05, 4.69) is 49.8 Å². The molecule has 0 amide bonds. The molecule has 0 radical (unpaired) electrons. The molecule has 1 aromatic carbocycles. The van der Waals surface area contributed by atoms with Crippen molar-refractivity contribution in [3.05, 3.63) is 41.1 Å². The van der Waals surface area contributed by atoms with Crippen molar-refractivity contribution in [2.45, 2.75) is 27.2 Å². The van der Waals surface area contributed by atoms with Gasteiger partial charge in [-0.25, -0.2) is 0 Å². The maximum absolute atomic E-state index is 3.87. The summed E-state index contributed by atoms with van der Waals surface area (Å²) in [5.74, 6) is 0.711. The molecule has 0 aliphatic heterocycles. The fraction of sp³-hybridized carbons (Fsp3) is 0.357. The van der Waals surface area contributed by atoms with Crippen molar-refractivity contribution in [3.63, 3.8) is 0 Å². The Morgan fingerprint density at radius 2 is 1.93 bits per heavy atom. The summed E-state index contributed by atoms with van der Waals surface area (Å²) in [6.07, 6.45) is 3.18. The predicted octanol–water partition coefficient (Wildman–Crippen LogP) is 3.95. The zero-order valence-electron chi connectivity index (χ0n) is 9.83. The Morgan fingerprint density at radius 1 is 1.33 bits per heavy atom. The number of hydrogen-bond acceptors (Lipinski definition) is 1. The molecule has 0 saturated carbocycles. The van der Waals surface area contributed by atoms with Crippen LogP contribution in [0, 0.1) is 5.92 Å². The van der Waals surface area contributed by atoms with Crippen molar-refractivity contribution in [3.8, 4) is 0 Å². The Hall–Kier alpha value is -1.37. The van der Waals surface area contributed by atoms with E-state index in [9.17, 15) is 0 Å². The molecule has 0 aliphatic carbocycles. The maximum Gasteiger partial charge on any atom is 0.0371 e. The van der Waals surface area contributed by atoms with Crippen LogP contribution in [0.5, 0.6) is 0 Å². The van der Waals surface area contributed by atoms with Crippen molar-refractivity contribution in [2.24, 2.45) is 10.9 Å². The zero-order valence-corrected chi connectivity index (χ0v) is 9.83. The lowest BCUT2D eigenvalue weighted by atomic mass is 10.0. The van der Waals surface area contributed by atoms with Crippen LogP contribution in [0.15, 0.2) is 35.0 Å². The lowest BCUT2D eigenvalue weighted by Crippen LogP contribution is -1.93. The number of allylic oxidation sites excluding steroid dienone is 1. The van der Waals surface area contributed by atoms with Crippen molar-refractivity contribution in [1.29, 1.82) is 0 Å². The standard InChI is InChI=1S/C14H19N/c1-11(2)9-13-5-7-14(8-6-13)10-12(3)15-4/h5-8,10-11H,4,9H2,1-3H3. The van der Waals surface area contributed by atoms with Gasteiger partial charge in [0.15, 0.2) is 0 Å². The number of nitrogens with zero attached hydrogens (tertiary/aromatic N) is 1. The largest absolute Gasteiger partial charge is 0.269 e. The van der Waals surface area contributed by atoms with E-state index in [0.29, 0.717) is 5.92 Å². The SMILES string of the molecule is C=NC(C)=Cc1ccc(CC(C)C)cc1. The molecule has 80 valence electrons. The third-order valence-corrected chi connectivity index (χ3v) is 2.25. The molecule has 0 atom stereocenters. The number of benzene rings is 1. The Bertz CT molecular complexity index is 344. The molecule has 15 heavy (non-hydrogen) atoms. The summed E-state index contributed by atoms with van der Waals surface area (Å²) in [6, 6.07) is 8.63. The lowest BCUT2D eigenvalue weighted by molar-refractivity contribution is 0.647. The van der Waals surface area contributed by atoms with Gasteiger partial charge in [0, 0.05) is 5.70 Å². The molecule has 0 unspecified atom stereocenters. The molecular weight excluding hydrogens is 182 g/mol. The van der Waals surface area contributed by atoms with Crippen LogP contribution in [0.4, 0.5) is 0 Å². The maximum atomic E-state index is 3.87. The third kappa shape index (κ3) is 4.11. The monoisotopic (exact) mass is 201 g/mol. The fourth-order valence-electron chi connectivity index (χ4n) is 1.51. The topological polar surface area (TPSA) is 12.4 Å². The van der Waals surface area contributed by atoms with Gasteiger partial charge in [0.05, 0.1) is 0 Å². The summed E-state index contributed by atoms with van der Waals surface area (Å²) < 4.78 is 0. The van der Waals surface area contributed by atoms with Crippen LogP contribution in [0.25, 0.3) is 6.08 Å². The van der Waals surface area contributed by atoms with Crippen molar-refractivity contribution in [2.75, 3.05) is 0 Å². The Labute approximate surface area is 92.6 Å². The van der Waals surface area contributed by atoms with Gasteiger partial charge < -0.3 is 0 Å². The molecule has 0 heterocycles. The van der Waals surface area contributed by atoms with E-state index in [1.54, 1.807) is 0 Å². The molecule has 0 bridgehead atoms. The molecule has 0 saturated heterocycles. The van der Waals surface area contributed by atoms with Gasteiger partial charge in [-0.2, -0.15) is 0 Å². The van der Waals surface area contributed by atoms with Gasteiger partial charge in [-0.05, 0) is 43.2 Å². The molecular formula is C14H19N. The van der Waals surface area contributed by atoms with Gasteiger partial charge in [-0.15, -0.1) is 0 Å². The van der Waals surface area contributed by atoms with Crippen LogP contribution in [0.1, 0.15) is 31.9 Å². The highest BCUT2D eigenvalue weighted by atomic mass is 14.7. The third-order valence-electron chi connectivity index (χ3n) is 2.25. The van der Waals surface area contributed by atoms with E-state index < -0.39 is 0 Å². The minimum atomic E-state index is 0.711. The molecule has 1 aromatic rings. The highest BCUT2D eigenvalue weighted by molar-refractivity contribution is 5.53. The van der Waals surface area contributed by atoms with Crippen molar-refractivity contribution < 1.29 is 0 Å². The first-order valence-electron chi connectivity index (χ1n) is 5.36. The summed E-state index contributed by atoms with van der Waals surface area (Å²) in [7, 11) is 0. The van der Waals surface area contributed by atoms with E-state index in [1.807, 2.05) is 13.0 Å². The molecule has 1 rings (SSSR count). The first-order chi connectivity index (χ1) is 7.11. The van der Waals surface area contributed by atoms with Crippen LogP contribution < -0.4 is 0 Å². The smallest absolute Gasteiger partial charge is 0.0371 e. The number of hydrogen-bond donors (Lipinski definition) is 0. The van der Waals surface area contributed by atoms with Crippen LogP contribution in [0.3, 0.4) is 0 Å². The zero-order chi connectivity index (χ0) is 11.3. The van der Waals surface area contributed by atoms with Gasteiger partial charge in [0.2, 0.25) is 0 Å². The second kappa shape index (κ2) is 5.50. The van der Waals surface area contributed by atoms with E-state index in [-0.39, 0.29) is 0 Å². The Balaban J connectivity index is 2.76. The van der Waals surface area contributed by atoms with E-state index in [4.69, 9.17) is 0 Å². The summed E-state index contributed by atoms with van der Waals surface area (Å²) in [4.78, 5) is 3.87. The first kappa shape index (κ1) is 11.7. The van der Waals surface area contributed by atoms with Crippen LogP contribution in [0.2, 0.25) is 0 Å². The minimum absolute atomic E-state index is 0.711. The second-order valence-corrected chi connectivity index (χ2v) is 4.28. The molecule has 0 aliphatic rings. The predicted molar refractivity (Wildman–Crippen MR) is 68.2 cm³/mol. The normalized spacial score (nSPS) is 11.9. The summed E-state index contributed by atoms with van der Waals surface area (Å²) in [5, 5.41) is 0. The van der Waals surface area contributed by atoms with Crippen LogP contribution in [-0.2, 0) is 6.42 Å². The average molecular weight is 201 g/mol. The van der Waals surface area contributed by atoms with Crippen molar-refractivity contribution >= 4 is 12.8 Å². The molecule has 0 N–H and O–H groups in total. The van der Waals surface area contributed by atoms with Gasteiger partial charge in [0.25, 0.3) is 0 Å². The molecule has 0 fully saturated rings. The highest BCUT2D eigenvalue weighted by Gasteiger charge is 1.97. The van der Waals surface area contributed by atoms with Gasteiger partial charge in [-0.3, -0.25) is 4.99 Å². The van der Waals surface area contributed by atoms with Crippen LogP contribution in [-0.4, -0.2) is 6.72 Å². The quantitative estimate of drug-likeness (QED) is 0.654. The Morgan fingerprint density at radius 3 is 2.40 bits per heavy atom. The Kier molecular flexibility index (Phi) is 4.29. The molecule has 1 heteroatoms. The molecule has 0 spiro atoms. The van der Waals surface area contributed by atoms with Crippen molar-refractivity contribution in [1.82, 2.24) is 0 Å². The molecule has 1 nitrogen and oxygen atoms in total. The summed E-state index contributed by atoms with van der Waals surface area (Å²) >= 11 is 0. The van der Waals surface area contributed by atoms with Crippen LogP contribution >= 0.6 is 0 Å². The van der Waals surface area contributed by atoms with Gasteiger partial charge >= 0.3 is 0 Å².